The highest BCUT2D eigenvalue weighted by Crippen LogP contribution is 2.39. The minimum absolute atomic E-state index is 0.229. The van der Waals surface area contributed by atoms with Crippen molar-refractivity contribution in [3.63, 3.8) is 0 Å². The van der Waals surface area contributed by atoms with Crippen LogP contribution in [0.15, 0.2) is 30.5 Å². The predicted molar refractivity (Wildman–Crippen MR) is 68.1 cm³/mol. The van der Waals surface area contributed by atoms with Crippen molar-refractivity contribution in [2.75, 3.05) is 0 Å². The zero-order valence-electron chi connectivity index (χ0n) is 9.24. The Kier molecular flexibility index (Phi) is 2.74. The Balaban J connectivity index is 2.06. The Labute approximate surface area is 108 Å². The molecule has 0 amide bonds. The third kappa shape index (κ3) is 2.02. The van der Waals surface area contributed by atoms with E-state index in [9.17, 15) is 4.39 Å². The minimum Gasteiger partial charge on any atom is -0.237 e. The molecule has 1 saturated carbocycles. The van der Waals surface area contributed by atoms with E-state index in [1.54, 1.807) is 10.7 Å². The van der Waals surface area contributed by atoms with Gasteiger partial charge in [-0.25, -0.2) is 9.07 Å². The number of hydrogen-bond acceptors (Lipinski definition) is 1. The molecule has 1 fully saturated rings. The Hall–Kier alpha value is -1.16. The van der Waals surface area contributed by atoms with E-state index >= 15 is 0 Å². The average Bonchev–Trinajstić information content (AvgIpc) is 3.08. The Bertz CT molecular complexity index is 546. The van der Waals surface area contributed by atoms with Crippen molar-refractivity contribution in [2.24, 2.45) is 0 Å². The molecular formula is C13H12BrFN2. The number of rotatable bonds is 3. The van der Waals surface area contributed by atoms with Crippen molar-refractivity contribution in [2.45, 2.75) is 24.1 Å². The van der Waals surface area contributed by atoms with Gasteiger partial charge in [-0.2, -0.15) is 5.10 Å². The summed E-state index contributed by atoms with van der Waals surface area (Å²) >= 11 is 3.38. The molecular weight excluding hydrogens is 283 g/mol. The molecule has 4 heteroatoms. The molecule has 0 radical (unpaired) electrons. The molecule has 0 atom stereocenters. The van der Waals surface area contributed by atoms with Crippen molar-refractivity contribution in [3.8, 4) is 5.69 Å². The quantitative estimate of drug-likeness (QED) is 0.788. The topological polar surface area (TPSA) is 17.8 Å². The average molecular weight is 295 g/mol. The van der Waals surface area contributed by atoms with E-state index < -0.39 is 0 Å². The lowest BCUT2D eigenvalue weighted by atomic mass is 10.2. The maximum atomic E-state index is 13.9. The first-order valence-electron chi connectivity index (χ1n) is 5.69. The molecule has 1 aromatic carbocycles. The van der Waals surface area contributed by atoms with Gasteiger partial charge >= 0.3 is 0 Å². The second kappa shape index (κ2) is 4.26. The lowest BCUT2D eigenvalue weighted by Crippen LogP contribution is -2.03. The summed E-state index contributed by atoms with van der Waals surface area (Å²) in [5, 5.41) is 5.09. The van der Waals surface area contributed by atoms with Crippen LogP contribution in [-0.4, -0.2) is 9.78 Å². The van der Waals surface area contributed by atoms with Gasteiger partial charge in [-0.15, -0.1) is 0 Å². The lowest BCUT2D eigenvalue weighted by molar-refractivity contribution is 0.607. The lowest BCUT2D eigenvalue weighted by Gasteiger charge is -2.08. The van der Waals surface area contributed by atoms with E-state index in [0.29, 0.717) is 16.9 Å². The first-order valence-corrected chi connectivity index (χ1v) is 6.81. The molecule has 1 heterocycles. The number of alkyl halides is 1. The van der Waals surface area contributed by atoms with Crippen LogP contribution in [0.25, 0.3) is 5.69 Å². The predicted octanol–water partition coefficient (Wildman–Crippen LogP) is 3.78. The number of benzene rings is 1. The van der Waals surface area contributed by atoms with Crippen molar-refractivity contribution >= 4 is 15.9 Å². The molecule has 1 aliphatic rings. The molecule has 0 N–H and O–H groups in total. The van der Waals surface area contributed by atoms with E-state index in [4.69, 9.17) is 0 Å². The fourth-order valence-electron chi connectivity index (χ4n) is 1.98. The maximum absolute atomic E-state index is 13.9. The van der Waals surface area contributed by atoms with Crippen LogP contribution >= 0.6 is 15.9 Å². The van der Waals surface area contributed by atoms with Crippen LogP contribution in [0.4, 0.5) is 4.39 Å². The summed E-state index contributed by atoms with van der Waals surface area (Å²) in [5.41, 5.74) is 2.54. The molecule has 17 heavy (non-hydrogen) atoms. The van der Waals surface area contributed by atoms with Crippen molar-refractivity contribution in [1.29, 1.82) is 0 Å². The van der Waals surface area contributed by atoms with Crippen molar-refractivity contribution in [1.82, 2.24) is 9.78 Å². The second-order valence-electron chi connectivity index (χ2n) is 4.34. The Morgan fingerprint density at radius 2 is 2.18 bits per heavy atom. The van der Waals surface area contributed by atoms with Crippen LogP contribution in [0.5, 0.6) is 0 Å². The molecule has 2 nitrogen and oxygen atoms in total. The normalized spacial score (nSPS) is 15.2. The minimum atomic E-state index is -0.229. The van der Waals surface area contributed by atoms with Crippen LogP contribution in [0.1, 0.15) is 30.0 Å². The van der Waals surface area contributed by atoms with Crippen LogP contribution < -0.4 is 0 Å². The molecule has 2 aromatic rings. The third-order valence-electron chi connectivity index (χ3n) is 3.05. The summed E-state index contributed by atoms with van der Waals surface area (Å²) in [7, 11) is 0. The van der Waals surface area contributed by atoms with Gasteiger partial charge in [0.1, 0.15) is 11.5 Å². The zero-order valence-corrected chi connectivity index (χ0v) is 10.8. The summed E-state index contributed by atoms with van der Waals surface area (Å²) in [6.07, 6.45) is 4.26. The van der Waals surface area contributed by atoms with Crippen LogP contribution in [0.2, 0.25) is 0 Å². The van der Waals surface area contributed by atoms with E-state index in [1.165, 1.54) is 18.9 Å². The van der Waals surface area contributed by atoms with Gasteiger partial charge in [0.05, 0.1) is 5.69 Å². The van der Waals surface area contributed by atoms with E-state index in [0.717, 1.165) is 11.3 Å². The summed E-state index contributed by atoms with van der Waals surface area (Å²) in [6, 6.07) is 7.09. The van der Waals surface area contributed by atoms with Gasteiger partial charge in [0.2, 0.25) is 0 Å². The van der Waals surface area contributed by atoms with Gasteiger partial charge in [0, 0.05) is 17.4 Å². The first-order chi connectivity index (χ1) is 8.29. The monoisotopic (exact) mass is 294 g/mol. The molecule has 88 valence electrons. The standard InChI is InChI=1S/C13H12BrFN2/c14-8-10-2-1-3-11(15)13(10)17-7-6-12(16-17)9-4-5-9/h1-3,6-7,9H,4-5,8H2. The fraction of sp³-hybridized carbons (Fsp3) is 0.308. The van der Waals surface area contributed by atoms with Gasteiger partial charge in [-0.1, -0.05) is 28.1 Å². The van der Waals surface area contributed by atoms with Gasteiger partial charge in [-0.3, -0.25) is 0 Å². The fourth-order valence-corrected chi connectivity index (χ4v) is 2.44. The van der Waals surface area contributed by atoms with Crippen LogP contribution in [0, 0.1) is 5.82 Å². The van der Waals surface area contributed by atoms with E-state index in [-0.39, 0.29) is 5.82 Å². The molecule has 0 spiro atoms. The maximum Gasteiger partial charge on any atom is 0.149 e. The van der Waals surface area contributed by atoms with Gasteiger partial charge < -0.3 is 0 Å². The van der Waals surface area contributed by atoms with Crippen molar-refractivity contribution < 1.29 is 4.39 Å². The smallest absolute Gasteiger partial charge is 0.149 e. The summed E-state index contributed by atoms with van der Waals surface area (Å²) < 4.78 is 15.5. The number of para-hydroxylation sites is 1. The second-order valence-corrected chi connectivity index (χ2v) is 4.90. The number of aromatic nitrogens is 2. The molecule has 0 saturated heterocycles. The van der Waals surface area contributed by atoms with Gasteiger partial charge in [0.25, 0.3) is 0 Å². The Morgan fingerprint density at radius 1 is 1.35 bits per heavy atom. The largest absolute Gasteiger partial charge is 0.237 e. The summed E-state index contributed by atoms with van der Waals surface area (Å²) in [6.45, 7) is 0. The molecule has 0 unspecified atom stereocenters. The third-order valence-corrected chi connectivity index (χ3v) is 3.65. The molecule has 0 bridgehead atoms. The SMILES string of the molecule is Fc1cccc(CBr)c1-n1ccc(C2CC2)n1. The van der Waals surface area contributed by atoms with Crippen molar-refractivity contribution in [3.05, 3.63) is 47.5 Å². The number of hydrogen-bond donors (Lipinski definition) is 0. The van der Waals surface area contributed by atoms with Gasteiger partial charge in [0.15, 0.2) is 0 Å². The van der Waals surface area contributed by atoms with Gasteiger partial charge in [-0.05, 0) is 30.5 Å². The number of halogens is 2. The van der Waals surface area contributed by atoms with E-state index in [2.05, 4.69) is 21.0 Å². The van der Waals surface area contributed by atoms with Crippen LogP contribution in [0.3, 0.4) is 0 Å². The molecule has 3 rings (SSSR count). The molecule has 1 aromatic heterocycles. The first kappa shape index (κ1) is 11.0. The summed E-state index contributed by atoms with van der Waals surface area (Å²) in [5.74, 6) is 0.364. The van der Waals surface area contributed by atoms with E-state index in [1.807, 2.05) is 18.3 Å². The summed E-state index contributed by atoms with van der Waals surface area (Å²) in [4.78, 5) is 0. The van der Waals surface area contributed by atoms with Crippen LogP contribution in [-0.2, 0) is 5.33 Å². The highest BCUT2D eigenvalue weighted by atomic mass is 79.9. The molecule has 0 aliphatic heterocycles. The number of nitrogens with zero attached hydrogens (tertiary/aromatic N) is 2. The highest BCUT2D eigenvalue weighted by Gasteiger charge is 2.26. The zero-order chi connectivity index (χ0) is 11.8. The highest BCUT2D eigenvalue weighted by molar-refractivity contribution is 9.08. The molecule has 1 aliphatic carbocycles. The Morgan fingerprint density at radius 3 is 2.88 bits per heavy atom.